The number of imide groups is 1. The predicted octanol–water partition coefficient (Wildman–Crippen LogP) is 5.10. The summed E-state index contributed by atoms with van der Waals surface area (Å²) >= 11 is 5.94. The minimum Gasteiger partial charge on any atom is -0.378 e. The number of hydrogen-bond donors (Lipinski definition) is 0. The van der Waals surface area contributed by atoms with Gasteiger partial charge in [0.1, 0.15) is 5.82 Å². The van der Waals surface area contributed by atoms with E-state index in [2.05, 4.69) is 0 Å². The van der Waals surface area contributed by atoms with Crippen LogP contribution in [0, 0.1) is 5.82 Å². The fourth-order valence-electron chi connectivity index (χ4n) is 3.01. The van der Waals surface area contributed by atoms with E-state index < -0.39 is 17.6 Å². The Labute approximate surface area is 186 Å². The van der Waals surface area contributed by atoms with Gasteiger partial charge < -0.3 is 9.80 Å². The summed E-state index contributed by atoms with van der Waals surface area (Å²) in [6.07, 6.45) is 0. The van der Waals surface area contributed by atoms with Gasteiger partial charge in [0.05, 0.1) is 10.7 Å². The topological polar surface area (TPSA) is 43.9 Å². The molecule has 0 spiro atoms. The summed E-state index contributed by atoms with van der Waals surface area (Å²) in [6.45, 7) is 0. The molecule has 0 N–H and O–H groups in total. The van der Waals surface area contributed by atoms with Gasteiger partial charge in [0.25, 0.3) is 11.8 Å². The number of benzene rings is 3. The van der Waals surface area contributed by atoms with Crippen molar-refractivity contribution in [2.24, 2.45) is 0 Å². The Morgan fingerprint density at radius 2 is 1.06 bits per heavy atom. The van der Waals surface area contributed by atoms with Crippen LogP contribution in [-0.2, 0) is 0 Å². The van der Waals surface area contributed by atoms with Gasteiger partial charge >= 0.3 is 0 Å². The van der Waals surface area contributed by atoms with Crippen molar-refractivity contribution in [3.63, 3.8) is 0 Å². The third-order valence-corrected chi connectivity index (χ3v) is 5.12. The van der Waals surface area contributed by atoms with E-state index >= 15 is 0 Å². The van der Waals surface area contributed by atoms with Crippen LogP contribution >= 0.6 is 11.6 Å². The molecule has 7 heteroatoms. The molecule has 0 unspecified atom stereocenters. The van der Waals surface area contributed by atoms with Crippen LogP contribution in [0.5, 0.6) is 0 Å². The molecule has 0 aliphatic rings. The molecule has 3 aromatic carbocycles. The van der Waals surface area contributed by atoms with Crippen LogP contribution in [-0.4, -0.2) is 40.0 Å². The third-order valence-electron chi connectivity index (χ3n) is 4.83. The Kier molecular flexibility index (Phi) is 6.61. The van der Waals surface area contributed by atoms with Gasteiger partial charge in [-0.2, -0.15) is 0 Å². The van der Waals surface area contributed by atoms with Crippen LogP contribution in [0.4, 0.5) is 21.5 Å². The molecule has 31 heavy (non-hydrogen) atoms. The number of anilines is 3. The highest BCUT2D eigenvalue weighted by atomic mass is 35.5. The van der Waals surface area contributed by atoms with Crippen molar-refractivity contribution < 1.29 is 14.0 Å². The average Bonchev–Trinajstić information content (AvgIpc) is 2.76. The van der Waals surface area contributed by atoms with Crippen molar-refractivity contribution >= 4 is 40.5 Å². The normalized spacial score (nSPS) is 10.5. The largest absolute Gasteiger partial charge is 0.378 e. The number of amides is 2. The number of halogens is 2. The molecule has 5 nitrogen and oxygen atoms in total. The summed E-state index contributed by atoms with van der Waals surface area (Å²) in [5.74, 6) is -1.69. The van der Waals surface area contributed by atoms with E-state index in [1.807, 2.05) is 38.0 Å². The fourth-order valence-corrected chi connectivity index (χ4v) is 3.19. The summed E-state index contributed by atoms with van der Waals surface area (Å²) in [7, 11) is 7.57. The molecule has 160 valence electrons. The van der Waals surface area contributed by atoms with Crippen LogP contribution < -0.4 is 14.7 Å². The zero-order valence-electron chi connectivity index (χ0n) is 17.8. The number of rotatable bonds is 5. The van der Waals surface area contributed by atoms with Crippen LogP contribution in [0.25, 0.3) is 0 Å². The smallest absolute Gasteiger partial charge is 0.265 e. The molecule has 0 bridgehead atoms. The first kappa shape index (κ1) is 22.3. The second kappa shape index (κ2) is 9.18. The van der Waals surface area contributed by atoms with E-state index in [0.29, 0.717) is 11.1 Å². The Balaban J connectivity index is 2.04. The van der Waals surface area contributed by atoms with Crippen molar-refractivity contribution in [1.82, 2.24) is 0 Å². The monoisotopic (exact) mass is 439 g/mol. The Morgan fingerprint density at radius 1 is 0.677 bits per heavy atom. The predicted molar refractivity (Wildman–Crippen MR) is 124 cm³/mol. The van der Waals surface area contributed by atoms with Crippen LogP contribution in [0.15, 0.2) is 66.7 Å². The van der Waals surface area contributed by atoms with Crippen LogP contribution in [0.3, 0.4) is 0 Å². The molecule has 3 rings (SSSR count). The Bertz CT molecular complexity index is 1030. The van der Waals surface area contributed by atoms with Crippen LogP contribution in [0.1, 0.15) is 20.7 Å². The maximum atomic E-state index is 13.7. The molecular formula is C24H23ClFN3O2. The zero-order chi connectivity index (χ0) is 22.7. The Hall–Kier alpha value is -3.38. The van der Waals surface area contributed by atoms with E-state index in [0.717, 1.165) is 22.3 Å². The molecule has 0 saturated carbocycles. The van der Waals surface area contributed by atoms with E-state index in [4.69, 9.17) is 11.6 Å². The molecule has 0 aromatic heterocycles. The summed E-state index contributed by atoms with van der Waals surface area (Å²) in [5, 5.41) is -0.172. The van der Waals surface area contributed by atoms with Crippen LogP contribution in [0.2, 0.25) is 5.02 Å². The lowest BCUT2D eigenvalue weighted by molar-refractivity contribution is 0.0897. The van der Waals surface area contributed by atoms with Gasteiger partial charge in [-0.15, -0.1) is 0 Å². The lowest BCUT2D eigenvalue weighted by Gasteiger charge is -2.22. The first-order valence-electron chi connectivity index (χ1n) is 9.57. The van der Waals surface area contributed by atoms with E-state index in [1.165, 1.54) is 12.1 Å². The van der Waals surface area contributed by atoms with Gasteiger partial charge in [-0.1, -0.05) is 11.6 Å². The highest BCUT2D eigenvalue weighted by Crippen LogP contribution is 2.27. The van der Waals surface area contributed by atoms with Crippen molar-refractivity contribution in [3.05, 3.63) is 88.7 Å². The van der Waals surface area contributed by atoms with E-state index in [1.54, 1.807) is 48.5 Å². The van der Waals surface area contributed by atoms with Crippen molar-refractivity contribution in [2.45, 2.75) is 0 Å². The first-order valence-corrected chi connectivity index (χ1v) is 9.95. The van der Waals surface area contributed by atoms with Gasteiger partial charge in [-0.05, 0) is 66.7 Å². The molecule has 0 aliphatic heterocycles. The Morgan fingerprint density at radius 3 is 1.42 bits per heavy atom. The molecule has 3 aromatic rings. The van der Waals surface area contributed by atoms with Crippen molar-refractivity contribution in [2.75, 3.05) is 42.9 Å². The van der Waals surface area contributed by atoms with Crippen molar-refractivity contribution in [1.29, 1.82) is 0 Å². The number of carbonyl (C=O) groups is 2. The number of hydrogen-bond acceptors (Lipinski definition) is 4. The molecule has 2 amide bonds. The maximum absolute atomic E-state index is 13.7. The highest BCUT2D eigenvalue weighted by Gasteiger charge is 2.27. The zero-order valence-corrected chi connectivity index (χ0v) is 18.5. The average molecular weight is 440 g/mol. The van der Waals surface area contributed by atoms with Gasteiger partial charge in [0.15, 0.2) is 0 Å². The molecule has 0 saturated heterocycles. The second-order valence-corrected chi connectivity index (χ2v) is 7.83. The SMILES string of the molecule is CN(C)c1ccc(C(=O)N(C(=O)c2ccc(N(C)C)cc2)c2ccc(F)c(Cl)c2)cc1. The first-order chi connectivity index (χ1) is 14.7. The van der Waals surface area contributed by atoms with Gasteiger partial charge in [0, 0.05) is 50.7 Å². The van der Waals surface area contributed by atoms with E-state index in [9.17, 15) is 14.0 Å². The van der Waals surface area contributed by atoms with E-state index in [-0.39, 0.29) is 10.7 Å². The molecule has 0 atom stereocenters. The summed E-state index contributed by atoms with van der Waals surface area (Å²) in [5.41, 5.74) is 2.67. The number of carbonyl (C=O) groups excluding carboxylic acids is 2. The minimum absolute atomic E-state index is 0.172. The maximum Gasteiger partial charge on any atom is 0.265 e. The van der Waals surface area contributed by atoms with Gasteiger partial charge in [0.2, 0.25) is 0 Å². The van der Waals surface area contributed by atoms with Crippen molar-refractivity contribution in [3.8, 4) is 0 Å². The van der Waals surface area contributed by atoms with Gasteiger partial charge in [-0.3, -0.25) is 9.59 Å². The molecule has 0 heterocycles. The van der Waals surface area contributed by atoms with Gasteiger partial charge in [-0.25, -0.2) is 9.29 Å². The molecular weight excluding hydrogens is 417 g/mol. The fraction of sp³-hybridized carbons (Fsp3) is 0.167. The lowest BCUT2D eigenvalue weighted by Crippen LogP contribution is -2.37. The summed E-state index contributed by atoms with van der Waals surface area (Å²) in [6, 6.07) is 17.5. The lowest BCUT2D eigenvalue weighted by atomic mass is 10.1. The standard InChI is InChI=1S/C24H23ClFN3O2/c1-27(2)18-9-5-16(6-10-18)23(30)29(20-13-14-22(26)21(25)15-20)24(31)17-7-11-19(12-8-17)28(3)4/h5-15H,1-4H3. The highest BCUT2D eigenvalue weighted by molar-refractivity contribution is 6.32. The molecule has 0 radical (unpaired) electrons. The summed E-state index contributed by atoms with van der Waals surface area (Å²) in [4.78, 5) is 31.5. The summed E-state index contributed by atoms with van der Waals surface area (Å²) < 4.78 is 13.7. The number of nitrogens with zero attached hydrogens (tertiary/aromatic N) is 3. The molecule has 0 aliphatic carbocycles. The quantitative estimate of drug-likeness (QED) is 0.519. The molecule has 0 fully saturated rings. The minimum atomic E-state index is -0.629. The third kappa shape index (κ3) is 4.86. The second-order valence-electron chi connectivity index (χ2n) is 7.43.